The van der Waals surface area contributed by atoms with E-state index in [1.807, 2.05) is 0 Å². The summed E-state index contributed by atoms with van der Waals surface area (Å²) in [5.41, 5.74) is 0.950. The van der Waals surface area contributed by atoms with E-state index in [9.17, 15) is 9.59 Å². The van der Waals surface area contributed by atoms with Crippen LogP contribution in [0, 0.1) is 14.3 Å². The summed E-state index contributed by atoms with van der Waals surface area (Å²) in [6.45, 7) is -0.168. The molecule has 8 heteroatoms. The Labute approximate surface area is 158 Å². The summed E-state index contributed by atoms with van der Waals surface area (Å²) in [6.07, 6.45) is 0. The largest absolute Gasteiger partial charge is 0.395 e. The molecular weight excluding hydrogens is 690 g/mol. The Morgan fingerprint density at radius 3 is 1.56 bits per heavy atom. The molecule has 0 aromatic heterocycles. The Bertz CT molecular complexity index is 526. The van der Waals surface area contributed by atoms with E-state index >= 15 is 0 Å². The zero-order valence-corrected chi connectivity index (χ0v) is 17.3. The van der Waals surface area contributed by atoms with Gasteiger partial charge in [0.15, 0.2) is 0 Å². The number of benzene rings is 1. The molecule has 0 radical (unpaired) electrons. The van der Waals surface area contributed by atoms with E-state index in [1.54, 1.807) is 0 Å². The summed E-state index contributed by atoms with van der Waals surface area (Å²) < 4.78 is 3.60. The van der Waals surface area contributed by atoms with Crippen molar-refractivity contribution in [2.45, 2.75) is 0 Å². The van der Waals surface area contributed by atoms with Gasteiger partial charge in [-0.15, -0.1) is 0 Å². The lowest BCUT2D eigenvalue weighted by atomic mass is 10.1. The van der Waals surface area contributed by atoms with Crippen molar-refractivity contribution in [1.82, 2.24) is 4.90 Å². The average Bonchev–Trinajstić information content (AvgIpc) is 2.59. The van der Waals surface area contributed by atoms with E-state index < -0.39 is 0 Å². The second kappa shape index (κ2) is 5.93. The van der Waals surface area contributed by atoms with Gasteiger partial charge in [0.2, 0.25) is 0 Å². The molecule has 0 saturated heterocycles. The highest BCUT2D eigenvalue weighted by molar-refractivity contribution is 14.1. The van der Waals surface area contributed by atoms with Crippen LogP contribution in [-0.4, -0.2) is 35.0 Å². The van der Waals surface area contributed by atoms with E-state index in [0.717, 1.165) is 19.2 Å². The summed E-state index contributed by atoms with van der Waals surface area (Å²) in [4.78, 5) is 25.5. The molecular formula is C10H5I4NO3. The fraction of sp³-hybridized carbons (Fsp3) is 0.200. The monoisotopic (exact) mass is 695 g/mol. The number of carbonyl (C=O) groups is 2. The topological polar surface area (TPSA) is 57.6 Å². The van der Waals surface area contributed by atoms with Crippen molar-refractivity contribution in [3.8, 4) is 0 Å². The number of fused-ring (bicyclic) bond motifs is 1. The molecule has 0 unspecified atom stereocenters. The second-order valence-electron chi connectivity index (χ2n) is 3.49. The molecule has 2 amide bonds. The highest BCUT2D eigenvalue weighted by Crippen LogP contribution is 2.37. The molecule has 1 aromatic rings. The number of imide groups is 1. The van der Waals surface area contributed by atoms with E-state index in [4.69, 9.17) is 5.11 Å². The van der Waals surface area contributed by atoms with Gasteiger partial charge in [-0.2, -0.15) is 0 Å². The van der Waals surface area contributed by atoms with Gasteiger partial charge < -0.3 is 5.11 Å². The van der Waals surface area contributed by atoms with Crippen LogP contribution in [0.4, 0.5) is 0 Å². The smallest absolute Gasteiger partial charge is 0.262 e. The van der Waals surface area contributed by atoms with Gasteiger partial charge in [0.25, 0.3) is 11.8 Å². The van der Waals surface area contributed by atoms with Gasteiger partial charge in [0.1, 0.15) is 0 Å². The Morgan fingerprint density at radius 1 is 0.833 bits per heavy atom. The minimum absolute atomic E-state index is 0.0473. The van der Waals surface area contributed by atoms with Crippen LogP contribution < -0.4 is 0 Å². The molecule has 1 aliphatic rings. The first kappa shape index (κ1) is 15.6. The van der Waals surface area contributed by atoms with E-state index in [0.29, 0.717) is 11.1 Å². The van der Waals surface area contributed by atoms with Crippen molar-refractivity contribution in [2.24, 2.45) is 0 Å². The third-order valence-electron chi connectivity index (χ3n) is 2.51. The highest BCUT2D eigenvalue weighted by Gasteiger charge is 2.40. The molecule has 1 aliphatic heterocycles. The van der Waals surface area contributed by atoms with Gasteiger partial charge in [-0.3, -0.25) is 14.5 Å². The number of aliphatic hydroxyl groups excluding tert-OH is 1. The fourth-order valence-corrected chi connectivity index (χ4v) is 5.35. The van der Waals surface area contributed by atoms with Crippen LogP contribution >= 0.6 is 90.4 Å². The molecule has 0 saturated carbocycles. The zero-order valence-electron chi connectivity index (χ0n) is 8.64. The summed E-state index contributed by atoms with van der Waals surface area (Å²) in [6, 6.07) is 0. The molecule has 1 aromatic carbocycles. The Kier molecular flexibility index (Phi) is 5.15. The van der Waals surface area contributed by atoms with Crippen molar-refractivity contribution in [1.29, 1.82) is 0 Å². The second-order valence-corrected chi connectivity index (χ2v) is 7.81. The van der Waals surface area contributed by atoms with Crippen molar-refractivity contribution >= 4 is 102 Å². The molecule has 1 N–H and O–H groups in total. The van der Waals surface area contributed by atoms with Crippen LogP contribution in [0.2, 0.25) is 0 Å². The van der Waals surface area contributed by atoms with Gasteiger partial charge in [0.05, 0.1) is 24.3 Å². The van der Waals surface area contributed by atoms with Gasteiger partial charge in [0, 0.05) is 14.3 Å². The van der Waals surface area contributed by atoms with Crippen LogP contribution in [-0.2, 0) is 0 Å². The minimum Gasteiger partial charge on any atom is -0.395 e. The lowest BCUT2D eigenvalue weighted by Crippen LogP contribution is -2.32. The van der Waals surface area contributed by atoms with Crippen molar-refractivity contribution in [3.05, 3.63) is 25.4 Å². The highest BCUT2D eigenvalue weighted by atomic mass is 127. The molecule has 4 nitrogen and oxygen atoms in total. The number of rotatable bonds is 2. The van der Waals surface area contributed by atoms with E-state index in [2.05, 4.69) is 90.4 Å². The van der Waals surface area contributed by atoms with Crippen LogP contribution in [0.15, 0.2) is 0 Å². The van der Waals surface area contributed by atoms with Gasteiger partial charge >= 0.3 is 0 Å². The van der Waals surface area contributed by atoms with Crippen LogP contribution in [0.25, 0.3) is 0 Å². The van der Waals surface area contributed by atoms with E-state index in [-0.39, 0.29) is 25.0 Å². The number of hydrogen-bond acceptors (Lipinski definition) is 3. The van der Waals surface area contributed by atoms with Crippen LogP contribution in [0.1, 0.15) is 20.7 Å². The number of carbonyl (C=O) groups excluding carboxylic acids is 2. The molecule has 18 heavy (non-hydrogen) atoms. The number of amides is 2. The fourth-order valence-electron chi connectivity index (χ4n) is 1.70. The molecule has 0 fully saturated rings. The van der Waals surface area contributed by atoms with E-state index in [1.165, 1.54) is 0 Å². The predicted octanol–water partition coefficient (Wildman–Crippen LogP) is 2.69. The Morgan fingerprint density at radius 2 is 1.22 bits per heavy atom. The van der Waals surface area contributed by atoms with Crippen LogP contribution in [0.3, 0.4) is 0 Å². The van der Waals surface area contributed by atoms with Crippen molar-refractivity contribution in [3.63, 3.8) is 0 Å². The third kappa shape index (κ3) is 2.32. The van der Waals surface area contributed by atoms with Crippen LogP contribution in [0.5, 0.6) is 0 Å². The first-order valence-electron chi connectivity index (χ1n) is 4.74. The molecule has 96 valence electrons. The van der Waals surface area contributed by atoms with Gasteiger partial charge in [-0.25, -0.2) is 0 Å². The zero-order chi connectivity index (χ0) is 13.6. The molecule has 0 aliphatic carbocycles. The normalized spacial score (nSPS) is 14.4. The molecule has 1 heterocycles. The average molecular weight is 695 g/mol. The number of nitrogens with zero attached hydrogens (tertiary/aromatic N) is 1. The number of halogens is 4. The lowest BCUT2D eigenvalue weighted by Gasteiger charge is -2.10. The first-order valence-corrected chi connectivity index (χ1v) is 9.06. The quantitative estimate of drug-likeness (QED) is 0.225. The number of β-amino-alcohol motifs (C(OH)–C–C–N with tert-alkyl or cyclic N) is 1. The molecule has 2 rings (SSSR count). The number of aliphatic hydroxyl groups is 1. The maximum atomic E-state index is 12.2. The molecule has 0 spiro atoms. The minimum atomic E-state index is -0.305. The van der Waals surface area contributed by atoms with Crippen molar-refractivity contribution in [2.75, 3.05) is 13.2 Å². The summed E-state index contributed by atoms with van der Waals surface area (Å²) >= 11 is 8.56. The third-order valence-corrected chi connectivity index (χ3v) is 9.92. The molecule has 0 atom stereocenters. The number of hydrogen-bond donors (Lipinski definition) is 1. The van der Waals surface area contributed by atoms with Gasteiger partial charge in [-0.1, -0.05) is 0 Å². The summed E-state index contributed by atoms with van der Waals surface area (Å²) in [5.74, 6) is -0.610. The summed E-state index contributed by atoms with van der Waals surface area (Å²) in [7, 11) is 0. The SMILES string of the molecule is O=C1c2c(I)c(I)c(I)c(I)c2C(=O)N1CCO. The van der Waals surface area contributed by atoms with Crippen molar-refractivity contribution < 1.29 is 14.7 Å². The Hall–Kier alpha value is 1.24. The molecule has 0 bridgehead atoms. The van der Waals surface area contributed by atoms with Gasteiger partial charge in [-0.05, 0) is 90.4 Å². The standard InChI is InChI=1S/C10H5I4NO3/c11-5-3-4(6(12)8(14)7(5)13)10(18)15(1-2-16)9(3)17/h16H,1-2H2. The lowest BCUT2D eigenvalue weighted by molar-refractivity contribution is 0.0623. The maximum absolute atomic E-state index is 12.2. The maximum Gasteiger partial charge on any atom is 0.262 e. The Balaban J connectivity index is 2.72. The predicted molar refractivity (Wildman–Crippen MR) is 99.8 cm³/mol. The first-order chi connectivity index (χ1) is 8.41. The summed E-state index contributed by atoms with van der Waals surface area (Å²) in [5, 5.41) is 8.94.